The number of aromatic carboxylic acids is 1. The van der Waals surface area contributed by atoms with Gasteiger partial charge in [-0.1, -0.05) is 76.2 Å². The van der Waals surface area contributed by atoms with Gasteiger partial charge in [-0.15, -0.1) is 0 Å². The zero-order valence-electron chi connectivity index (χ0n) is 22.0. The van der Waals surface area contributed by atoms with Crippen molar-refractivity contribution in [2.45, 2.75) is 66.2 Å². The van der Waals surface area contributed by atoms with E-state index in [2.05, 4.69) is 34.6 Å². The van der Waals surface area contributed by atoms with Gasteiger partial charge < -0.3 is 15.2 Å². The van der Waals surface area contributed by atoms with Crippen LogP contribution < -0.4 is 10.1 Å². The van der Waals surface area contributed by atoms with Gasteiger partial charge in [0.1, 0.15) is 11.6 Å². The molecule has 2 N–H and O–H groups in total. The number of nitrogens with one attached hydrogen (secondary N) is 1. The van der Waals surface area contributed by atoms with Crippen LogP contribution in [0.1, 0.15) is 75.0 Å². The molecule has 3 aromatic rings. The second-order valence-electron chi connectivity index (χ2n) is 7.55. The number of hydrogen-bond donors (Lipinski definition) is 2. The van der Waals surface area contributed by atoms with E-state index in [1.54, 1.807) is 12.1 Å². The summed E-state index contributed by atoms with van der Waals surface area (Å²) in [5.41, 5.74) is 2.31. The molecule has 194 valence electrons. The smallest absolute Gasteiger partial charge is 0.354 e. The zero-order chi connectivity index (χ0) is 26.6. The fraction of sp³-hybridized carbons (Fsp3) is 0.367. The number of nitrogens with zero attached hydrogens (tertiary/aromatic N) is 1. The summed E-state index contributed by atoms with van der Waals surface area (Å²) in [5.74, 6) is -0.273. The number of anilines is 1. The molecule has 1 amide bonds. The quantitative estimate of drug-likeness (QED) is 0.261. The van der Waals surface area contributed by atoms with Crippen molar-refractivity contribution in [3.63, 3.8) is 0 Å². The first-order valence-corrected chi connectivity index (χ1v) is 12.9. The van der Waals surface area contributed by atoms with Crippen molar-refractivity contribution < 1.29 is 19.4 Å². The molecule has 0 bridgehead atoms. The van der Waals surface area contributed by atoms with Gasteiger partial charge in [-0.3, -0.25) is 4.79 Å². The molecule has 0 spiro atoms. The first kappa shape index (κ1) is 30.4. The summed E-state index contributed by atoms with van der Waals surface area (Å²) >= 11 is 0. The van der Waals surface area contributed by atoms with Crippen molar-refractivity contribution in [2.75, 3.05) is 11.9 Å². The summed E-state index contributed by atoms with van der Waals surface area (Å²) in [6.07, 6.45) is 5.26. The molecule has 0 saturated heterocycles. The maximum atomic E-state index is 12.1. The molecule has 0 fully saturated rings. The number of pyridine rings is 1. The molecule has 6 nitrogen and oxygen atoms in total. The van der Waals surface area contributed by atoms with E-state index in [1.807, 2.05) is 58.0 Å². The van der Waals surface area contributed by atoms with Crippen molar-refractivity contribution in [1.29, 1.82) is 0 Å². The summed E-state index contributed by atoms with van der Waals surface area (Å²) in [5, 5.41) is 11.6. The van der Waals surface area contributed by atoms with Crippen LogP contribution >= 0.6 is 0 Å². The Kier molecular flexibility index (Phi) is 15.7. The molecule has 36 heavy (non-hydrogen) atoms. The number of benzene rings is 2. The monoisotopic (exact) mass is 492 g/mol. The third-order valence-corrected chi connectivity index (χ3v) is 5.02. The summed E-state index contributed by atoms with van der Waals surface area (Å²) in [7, 11) is 0. The number of ether oxygens (including phenoxy) is 1. The fourth-order valence-electron chi connectivity index (χ4n) is 3.28. The van der Waals surface area contributed by atoms with Crippen molar-refractivity contribution in [3.05, 3.63) is 89.6 Å². The lowest BCUT2D eigenvalue weighted by Gasteiger charge is -2.08. The number of amides is 1. The summed E-state index contributed by atoms with van der Waals surface area (Å²) in [4.78, 5) is 27.0. The van der Waals surface area contributed by atoms with Crippen molar-refractivity contribution in [1.82, 2.24) is 4.98 Å². The number of carbonyl (C=O) groups is 2. The number of rotatable bonds is 12. The van der Waals surface area contributed by atoms with Crippen LogP contribution in [0.3, 0.4) is 0 Å². The Balaban J connectivity index is 0.00000154. The van der Waals surface area contributed by atoms with Crippen LogP contribution in [0.5, 0.6) is 5.75 Å². The van der Waals surface area contributed by atoms with E-state index in [0.717, 1.165) is 37.0 Å². The highest BCUT2D eigenvalue weighted by atomic mass is 16.5. The molecule has 1 heterocycles. The van der Waals surface area contributed by atoms with Gasteiger partial charge in [0, 0.05) is 6.42 Å². The number of carbonyl (C=O) groups excluding carboxylic acids is 1. The van der Waals surface area contributed by atoms with Gasteiger partial charge in [0.05, 0.1) is 6.61 Å². The number of aromatic nitrogens is 1. The van der Waals surface area contributed by atoms with Crippen molar-refractivity contribution >= 4 is 17.7 Å². The largest absolute Gasteiger partial charge is 0.494 e. The van der Waals surface area contributed by atoms with E-state index in [0.29, 0.717) is 13.0 Å². The zero-order valence-corrected chi connectivity index (χ0v) is 22.0. The van der Waals surface area contributed by atoms with Crippen LogP contribution in [0, 0.1) is 0 Å². The third kappa shape index (κ3) is 12.2. The van der Waals surface area contributed by atoms with Crippen LogP contribution in [0.4, 0.5) is 5.82 Å². The Morgan fingerprint density at radius 3 is 2.11 bits per heavy atom. The first-order valence-electron chi connectivity index (χ1n) is 12.9. The van der Waals surface area contributed by atoms with E-state index in [4.69, 9.17) is 9.84 Å². The Morgan fingerprint density at radius 1 is 0.778 bits per heavy atom. The maximum Gasteiger partial charge on any atom is 0.354 e. The van der Waals surface area contributed by atoms with E-state index in [-0.39, 0.29) is 23.8 Å². The molecule has 0 atom stereocenters. The molecule has 0 aliphatic carbocycles. The summed E-state index contributed by atoms with van der Waals surface area (Å²) in [6, 6.07) is 22.8. The molecule has 0 aliphatic heterocycles. The van der Waals surface area contributed by atoms with Crippen LogP contribution in [0.15, 0.2) is 72.8 Å². The van der Waals surface area contributed by atoms with Gasteiger partial charge in [0.25, 0.3) is 0 Å². The summed E-state index contributed by atoms with van der Waals surface area (Å²) in [6.45, 7) is 8.69. The van der Waals surface area contributed by atoms with Crippen molar-refractivity contribution in [2.24, 2.45) is 0 Å². The van der Waals surface area contributed by atoms with Gasteiger partial charge in [-0.05, 0) is 67.5 Å². The highest BCUT2D eigenvalue weighted by Crippen LogP contribution is 2.15. The van der Waals surface area contributed by atoms with Crippen LogP contribution in [0.2, 0.25) is 0 Å². The topological polar surface area (TPSA) is 88.5 Å². The average Bonchev–Trinajstić information content (AvgIpc) is 2.93. The number of hydrogen-bond acceptors (Lipinski definition) is 4. The second kappa shape index (κ2) is 18.6. The highest BCUT2D eigenvalue weighted by Gasteiger charge is 2.08. The lowest BCUT2D eigenvalue weighted by atomic mass is 10.1. The average molecular weight is 493 g/mol. The molecule has 0 radical (unpaired) electrons. The van der Waals surface area contributed by atoms with Gasteiger partial charge in [-0.2, -0.15) is 0 Å². The van der Waals surface area contributed by atoms with E-state index >= 15 is 0 Å². The number of unbranched alkanes of at least 4 members (excludes halogenated alkanes) is 2. The molecule has 3 rings (SSSR count). The normalized spacial score (nSPS) is 9.67. The molecule has 0 unspecified atom stereocenters. The standard InChI is InChI=1S/C26H28N2O4.2C2H6/c29-25(28-24-12-7-11-23(27-24)26(30)31)18-15-21-13-16-22(17-14-21)32-19-6-2-5-10-20-8-3-1-4-9-20;2*1-2/h1,3-4,7-9,11-14,16-17H,2,5-6,10,15,18-19H2,(H,30,31)(H,27,28,29);2*1-2H3. The SMILES string of the molecule is CC.CC.O=C(CCc1ccc(OCCCCCc2ccccc2)cc1)Nc1cccc(C(=O)O)n1. The predicted molar refractivity (Wildman–Crippen MR) is 147 cm³/mol. The van der Waals surface area contributed by atoms with Crippen molar-refractivity contribution in [3.8, 4) is 5.75 Å². The Morgan fingerprint density at radius 2 is 1.44 bits per heavy atom. The minimum atomic E-state index is -1.13. The Hall–Kier alpha value is -3.67. The number of aryl methyl sites for hydroxylation is 2. The minimum absolute atomic E-state index is 0.102. The lowest BCUT2D eigenvalue weighted by Crippen LogP contribution is -2.14. The van der Waals surface area contributed by atoms with Gasteiger partial charge >= 0.3 is 5.97 Å². The third-order valence-electron chi connectivity index (χ3n) is 5.02. The van der Waals surface area contributed by atoms with Gasteiger partial charge in [0.2, 0.25) is 5.91 Å². The van der Waals surface area contributed by atoms with Gasteiger partial charge in [0.15, 0.2) is 5.69 Å². The molecule has 0 saturated carbocycles. The molecular weight excluding hydrogens is 452 g/mol. The van der Waals surface area contributed by atoms with Crippen LogP contribution in [-0.4, -0.2) is 28.6 Å². The minimum Gasteiger partial charge on any atom is -0.494 e. The fourth-order valence-corrected chi connectivity index (χ4v) is 3.28. The van der Waals surface area contributed by atoms with E-state index < -0.39 is 5.97 Å². The maximum absolute atomic E-state index is 12.1. The number of carboxylic acids is 1. The molecular formula is C30H40N2O4. The first-order chi connectivity index (χ1) is 17.6. The number of carboxylic acid groups (broad SMARTS) is 1. The molecule has 6 heteroatoms. The molecule has 1 aromatic heterocycles. The van der Waals surface area contributed by atoms with E-state index in [1.165, 1.54) is 11.6 Å². The Labute approximate surface area is 215 Å². The van der Waals surface area contributed by atoms with Crippen LogP contribution in [-0.2, 0) is 17.6 Å². The Bertz CT molecular complexity index is 1000. The molecule has 2 aromatic carbocycles. The second-order valence-corrected chi connectivity index (χ2v) is 7.55. The summed E-state index contributed by atoms with van der Waals surface area (Å²) < 4.78 is 5.81. The molecule has 0 aliphatic rings. The van der Waals surface area contributed by atoms with Crippen LogP contribution in [0.25, 0.3) is 0 Å². The van der Waals surface area contributed by atoms with E-state index in [9.17, 15) is 9.59 Å². The predicted octanol–water partition coefficient (Wildman–Crippen LogP) is 7.20. The highest BCUT2D eigenvalue weighted by molar-refractivity contribution is 5.91. The van der Waals surface area contributed by atoms with Gasteiger partial charge in [-0.25, -0.2) is 9.78 Å². The lowest BCUT2D eigenvalue weighted by molar-refractivity contribution is -0.116.